The Morgan fingerprint density at radius 3 is 0.929 bits per heavy atom. The standard InChI is InChI=1S/C8H18O5.C4F10O/c9-1-3-11-5-7-13-8-6-12-4-2-10;5-1(6,7)3(11,12)15-4(13,14)2(8,9)10/h9-10H,1-8H2;. The summed E-state index contributed by atoms with van der Waals surface area (Å²) in [7, 11) is 0. The molecule has 16 heteroatoms. The van der Waals surface area contributed by atoms with Crippen LogP contribution in [-0.4, -0.2) is 87.6 Å². The summed E-state index contributed by atoms with van der Waals surface area (Å²) in [6.45, 7) is 2.76. The smallest absolute Gasteiger partial charge is 0.394 e. The van der Waals surface area contributed by atoms with Gasteiger partial charge < -0.3 is 24.4 Å². The van der Waals surface area contributed by atoms with Gasteiger partial charge in [0.05, 0.1) is 52.9 Å². The van der Waals surface area contributed by atoms with E-state index in [9.17, 15) is 43.9 Å². The van der Waals surface area contributed by atoms with Crippen LogP contribution >= 0.6 is 0 Å². The first kappa shape index (κ1) is 29.3. The molecule has 0 aromatic heterocycles. The molecular formula is C12H18F10O6. The zero-order valence-electron chi connectivity index (χ0n) is 14.0. The minimum Gasteiger partial charge on any atom is -0.394 e. The SMILES string of the molecule is FC(F)(F)C(F)(F)OC(F)(F)C(F)(F)F.OCCOCCOCCOCCO. The molecule has 0 amide bonds. The van der Waals surface area contributed by atoms with Gasteiger partial charge in [-0.15, -0.1) is 0 Å². The molecule has 0 unspecified atom stereocenters. The predicted molar refractivity (Wildman–Crippen MR) is 69.7 cm³/mol. The van der Waals surface area contributed by atoms with Gasteiger partial charge in [0.1, 0.15) is 0 Å². The van der Waals surface area contributed by atoms with Crippen molar-refractivity contribution in [2.45, 2.75) is 24.6 Å². The van der Waals surface area contributed by atoms with Crippen LogP contribution in [0.4, 0.5) is 43.9 Å². The first-order valence-electron chi connectivity index (χ1n) is 7.16. The molecule has 0 rings (SSSR count). The van der Waals surface area contributed by atoms with Gasteiger partial charge in [0.15, 0.2) is 0 Å². The van der Waals surface area contributed by atoms with Gasteiger partial charge in [-0.05, 0) is 0 Å². The van der Waals surface area contributed by atoms with Crippen molar-refractivity contribution < 1.29 is 73.1 Å². The van der Waals surface area contributed by atoms with Crippen molar-refractivity contribution >= 4 is 0 Å². The molecule has 0 atom stereocenters. The number of rotatable bonds is 12. The third-order valence-electron chi connectivity index (χ3n) is 2.13. The molecule has 0 aromatic carbocycles. The van der Waals surface area contributed by atoms with E-state index in [0.29, 0.717) is 39.6 Å². The molecule has 0 aliphatic heterocycles. The molecule has 6 nitrogen and oxygen atoms in total. The average Bonchev–Trinajstić information content (AvgIpc) is 2.51. The Morgan fingerprint density at radius 2 is 0.714 bits per heavy atom. The van der Waals surface area contributed by atoms with Gasteiger partial charge in [-0.2, -0.15) is 43.9 Å². The molecule has 28 heavy (non-hydrogen) atoms. The van der Waals surface area contributed by atoms with Crippen LogP contribution < -0.4 is 0 Å². The van der Waals surface area contributed by atoms with Crippen molar-refractivity contribution in [3.8, 4) is 0 Å². The third kappa shape index (κ3) is 13.3. The highest BCUT2D eigenvalue weighted by Crippen LogP contribution is 2.45. The number of ether oxygens (including phenoxy) is 4. The van der Waals surface area contributed by atoms with Crippen LogP contribution in [-0.2, 0) is 18.9 Å². The Bertz CT molecular complexity index is 354. The Kier molecular flexibility index (Phi) is 13.9. The van der Waals surface area contributed by atoms with Gasteiger partial charge in [-0.25, -0.2) is 4.74 Å². The van der Waals surface area contributed by atoms with Crippen LogP contribution in [0.5, 0.6) is 0 Å². The maximum atomic E-state index is 11.6. The summed E-state index contributed by atoms with van der Waals surface area (Å²) in [5.74, 6) is 0. The van der Waals surface area contributed by atoms with Gasteiger partial charge in [-0.3, -0.25) is 0 Å². The summed E-state index contributed by atoms with van der Waals surface area (Å²) in [6.07, 6.45) is -26.5. The van der Waals surface area contributed by atoms with Crippen LogP contribution in [0.15, 0.2) is 0 Å². The van der Waals surface area contributed by atoms with E-state index in [2.05, 4.69) is 0 Å². The molecule has 0 saturated heterocycles. The summed E-state index contributed by atoms with van der Waals surface area (Å²) in [5, 5.41) is 16.7. The molecule has 172 valence electrons. The van der Waals surface area contributed by atoms with Gasteiger partial charge in [0, 0.05) is 0 Å². The zero-order valence-corrected chi connectivity index (χ0v) is 14.0. The van der Waals surface area contributed by atoms with Gasteiger partial charge in [0.2, 0.25) is 0 Å². The molecule has 0 bridgehead atoms. The van der Waals surface area contributed by atoms with Gasteiger partial charge in [0.25, 0.3) is 0 Å². The number of alkyl halides is 10. The second-order valence-electron chi connectivity index (χ2n) is 4.42. The van der Waals surface area contributed by atoms with E-state index in [4.69, 9.17) is 24.4 Å². The number of hydrogen-bond acceptors (Lipinski definition) is 6. The highest BCUT2D eigenvalue weighted by molar-refractivity contribution is 4.72. The van der Waals surface area contributed by atoms with Gasteiger partial charge >= 0.3 is 24.6 Å². The quantitative estimate of drug-likeness (QED) is 0.353. The number of aliphatic hydroxyl groups excluding tert-OH is 2. The van der Waals surface area contributed by atoms with Crippen molar-refractivity contribution in [1.29, 1.82) is 0 Å². The topological polar surface area (TPSA) is 77.4 Å². The zero-order chi connectivity index (χ0) is 22.5. The fraction of sp³-hybridized carbons (Fsp3) is 1.00. The first-order chi connectivity index (χ1) is 12.6. The van der Waals surface area contributed by atoms with Crippen molar-refractivity contribution in [1.82, 2.24) is 0 Å². The Balaban J connectivity index is 0. The molecule has 0 heterocycles. The van der Waals surface area contributed by atoms with E-state index < -0.39 is 24.6 Å². The molecule has 0 fully saturated rings. The lowest BCUT2D eigenvalue weighted by atomic mass is 10.5. The monoisotopic (exact) mass is 448 g/mol. The molecule has 0 aliphatic rings. The van der Waals surface area contributed by atoms with E-state index in [1.54, 1.807) is 0 Å². The van der Waals surface area contributed by atoms with E-state index in [1.807, 2.05) is 0 Å². The number of hydrogen-bond donors (Lipinski definition) is 2. The second-order valence-corrected chi connectivity index (χ2v) is 4.42. The molecule has 2 N–H and O–H groups in total. The van der Waals surface area contributed by atoms with Crippen LogP contribution in [0, 0.1) is 0 Å². The number of aliphatic hydroxyl groups is 2. The largest absolute Gasteiger partial charge is 0.483 e. The lowest BCUT2D eigenvalue weighted by Crippen LogP contribution is -2.50. The highest BCUT2D eigenvalue weighted by Gasteiger charge is 2.70. The Hall–Kier alpha value is -0.940. The summed E-state index contributed by atoms with van der Waals surface area (Å²) in [5.41, 5.74) is 0. The molecule has 0 spiro atoms. The van der Waals surface area contributed by atoms with E-state index in [1.165, 1.54) is 4.74 Å². The lowest BCUT2D eigenvalue weighted by Gasteiger charge is -2.26. The Morgan fingerprint density at radius 1 is 0.464 bits per heavy atom. The highest BCUT2D eigenvalue weighted by atomic mass is 19.4. The van der Waals surface area contributed by atoms with Crippen LogP contribution in [0.3, 0.4) is 0 Å². The number of halogens is 10. The van der Waals surface area contributed by atoms with Gasteiger partial charge in [-0.1, -0.05) is 0 Å². The van der Waals surface area contributed by atoms with Crippen LogP contribution in [0.1, 0.15) is 0 Å². The average molecular weight is 448 g/mol. The normalized spacial score (nSPS) is 13.3. The fourth-order valence-corrected chi connectivity index (χ4v) is 0.948. The summed E-state index contributed by atoms with van der Waals surface area (Å²) in [6, 6.07) is 0. The Labute approximate surface area is 151 Å². The molecule has 0 aliphatic carbocycles. The van der Waals surface area contributed by atoms with Crippen molar-refractivity contribution in [2.75, 3.05) is 52.9 Å². The van der Waals surface area contributed by atoms with Crippen LogP contribution in [0.25, 0.3) is 0 Å². The first-order valence-corrected chi connectivity index (χ1v) is 7.16. The van der Waals surface area contributed by atoms with Crippen LogP contribution in [0.2, 0.25) is 0 Å². The maximum absolute atomic E-state index is 11.6. The third-order valence-corrected chi connectivity index (χ3v) is 2.13. The maximum Gasteiger partial charge on any atom is 0.483 e. The van der Waals surface area contributed by atoms with Crippen molar-refractivity contribution in [3.05, 3.63) is 0 Å². The van der Waals surface area contributed by atoms with E-state index in [0.717, 1.165) is 0 Å². The van der Waals surface area contributed by atoms with Crippen molar-refractivity contribution in [2.24, 2.45) is 0 Å². The summed E-state index contributed by atoms with van der Waals surface area (Å²) < 4.78 is 130. The summed E-state index contributed by atoms with van der Waals surface area (Å²) in [4.78, 5) is 0. The molecule has 0 aromatic rings. The second kappa shape index (κ2) is 13.3. The predicted octanol–water partition coefficient (Wildman–Crippen LogP) is 2.33. The fourth-order valence-electron chi connectivity index (χ4n) is 0.948. The van der Waals surface area contributed by atoms with E-state index >= 15 is 0 Å². The minimum absolute atomic E-state index is 0.0413. The molecular weight excluding hydrogens is 430 g/mol. The summed E-state index contributed by atoms with van der Waals surface area (Å²) >= 11 is 0. The molecule has 0 saturated carbocycles. The van der Waals surface area contributed by atoms with E-state index in [-0.39, 0.29) is 13.2 Å². The minimum atomic E-state index is -6.66. The lowest BCUT2D eigenvalue weighted by molar-refractivity contribution is -0.501. The molecule has 0 radical (unpaired) electrons. The van der Waals surface area contributed by atoms with Crippen molar-refractivity contribution in [3.63, 3.8) is 0 Å².